The molecule has 0 fully saturated rings. The van der Waals surface area contributed by atoms with E-state index >= 15 is 0 Å². The van der Waals surface area contributed by atoms with Gasteiger partial charge in [0.25, 0.3) is 0 Å². The van der Waals surface area contributed by atoms with Crippen LogP contribution >= 0.6 is 11.8 Å². The first-order valence-corrected chi connectivity index (χ1v) is 7.74. The van der Waals surface area contributed by atoms with Crippen LogP contribution in [0.25, 0.3) is 0 Å². The number of nitrogens with zero attached hydrogens (tertiary/aromatic N) is 2. The minimum absolute atomic E-state index is 0.659. The molecule has 0 aliphatic carbocycles. The molecule has 2 rings (SSSR count). The van der Waals surface area contributed by atoms with E-state index < -0.39 is 0 Å². The van der Waals surface area contributed by atoms with E-state index in [0.717, 1.165) is 35.4 Å². The minimum atomic E-state index is 0.659. The summed E-state index contributed by atoms with van der Waals surface area (Å²) in [6.07, 6.45) is 4.76. The highest BCUT2D eigenvalue weighted by molar-refractivity contribution is 7.99. The first kappa shape index (κ1) is 14.8. The highest BCUT2D eigenvalue weighted by Crippen LogP contribution is 2.19. The summed E-state index contributed by atoms with van der Waals surface area (Å²) in [4.78, 5) is 4.25. The molecular formula is C15H20N2O2S. The van der Waals surface area contributed by atoms with E-state index in [1.807, 2.05) is 42.1 Å². The lowest BCUT2D eigenvalue weighted by Gasteiger charge is -2.08. The molecule has 20 heavy (non-hydrogen) atoms. The van der Waals surface area contributed by atoms with E-state index in [4.69, 9.17) is 9.47 Å². The Morgan fingerprint density at radius 1 is 1.10 bits per heavy atom. The Labute approximate surface area is 124 Å². The number of benzene rings is 1. The summed E-state index contributed by atoms with van der Waals surface area (Å²) in [7, 11) is 1.99. The SMILES string of the molecule is CCCOc1ccc(OCCSc2nccn2C)cc1. The number of rotatable bonds is 8. The van der Waals surface area contributed by atoms with Gasteiger partial charge in [0.15, 0.2) is 5.16 Å². The Morgan fingerprint density at radius 3 is 2.30 bits per heavy atom. The van der Waals surface area contributed by atoms with Crippen molar-refractivity contribution >= 4 is 11.8 Å². The van der Waals surface area contributed by atoms with Crippen molar-refractivity contribution in [1.82, 2.24) is 9.55 Å². The zero-order chi connectivity index (χ0) is 14.2. The fraction of sp³-hybridized carbons (Fsp3) is 0.400. The number of imidazole rings is 1. The van der Waals surface area contributed by atoms with Gasteiger partial charge in [-0.05, 0) is 30.7 Å². The summed E-state index contributed by atoms with van der Waals surface area (Å²) in [6.45, 7) is 3.50. The van der Waals surface area contributed by atoms with Crippen LogP contribution in [0.4, 0.5) is 0 Å². The van der Waals surface area contributed by atoms with E-state index in [2.05, 4.69) is 11.9 Å². The molecule has 0 unspecified atom stereocenters. The fourth-order valence-corrected chi connectivity index (χ4v) is 2.38. The van der Waals surface area contributed by atoms with Crippen molar-refractivity contribution in [2.45, 2.75) is 18.5 Å². The Bertz CT molecular complexity index is 511. The minimum Gasteiger partial charge on any atom is -0.494 e. The molecule has 108 valence electrons. The van der Waals surface area contributed by atoms with E-state index in [0.29, 0.717) is 6.61 Å². The zero-order valence-electron chi connectivity index (χ0n) is 11.9. The normalized spacial score (nSPS) is 10.5. The van der Waals surface area contributed by atoms with Crippen molar-refractivity contribution in [3.8, 4) is 11.5 Å². The summed E-state index contributed by atoms with van der Waals surface area (Å²) in [5, 5.41) is 1.01. The topological polar surface area (TPSA) is 36.3 Å². The van der Waals surface area contributed by atoms with Gasteiger partial charge in [-0.1, -0.05) is 18.7 Å². The molecule has 5 heteroatoms. The van der Waals surface area contributed by atoms with Gasteiger partial charge in [-0.15, -0.1) is 0 Å². The second kappa shape index (κ2) is 7.85. The number of thioether (sulfide) groups is 1. The van der Waals surface area contributed by atoms with Gasteiger partial charge in [-0.3, -0.25) is 0 Å². The second-order valence-electron chi connectivity index (χ2n) is 4.34. The standard InChI is InChI=1S/C15H20N2O2S/c1-3-10-18-13-4-6-14(7-5-13)19-11-12-20-15-16-8-9-17(15)2/h4-9H,3,10-12H2,1-2H3. The third-order valence-electron chi connectivity index (χ3n) is 2.66. The van der Waals surface area contributed by atoms with Crippen LogP contribution in [0.2, 0.25) is 0 Å². The van der Waals surface area contributed by atoms with Crippen molar-refractivity contribution in [2.75, 3.05) is 19.0 Å². The number of ether oxygens (including phenoxy) is 2. The molecule has 0 amide bonds. The molecular weight excluding hydrogens is 272 g/mol. The monoisotopic (exact) mass is 292 g/mol. The molecule has 0 aliphatic heterocycles. The molecule has 1 aromatic carbocycles. The molecule has 0 N–H and O–H groups in total. The molecule has 0 atom stereocenters. The van der Waals surface area contributed by atoms with Crippen molar-refractivity contribution in [1.29, 1.82) is 0 Å². The lowest BCUT2D eigenvalue weighted by atomic mass is 10.3. The van der Waals surface area contributed by atoms with E-state index in [-0.39, 0.29) is 0 Å². The number of hydrogen-bond donors (Lipinski definition) is 0. The third-order valence-corrected chi connectivity index (χ3v) is 3.68. The van der Waals surface area contributed by atoms with Crippen molar-refractivity contribution in [2.24, 2.45) is 7.05 Å². The summed E-state index contributed by atoms with van der Waals surface area (Å²) in [5.74, 6) is 2.63. The van der Waals surface area contributed by atoms with Gasteiger partial charge >= 0.3 is 0 Å². The highest BCUT2D eigenvalue weighted by atomic mass is 32.2. The van der Waals surface area contributed by atoms with Crippen LogP contribution in [0.15, 0.2) is 41.8 Å². The number of aryl methyl sites for hydroxylation is 1. The molecule has 1 heterocycles. The second-order valence-corrected chi connectivity index (χ2v) is 5.40. The van der Waals surface area contributed by atoms with Crippen molar-refractivity contribution in [3.63, 3.8) is 0 Å². The van der Waals surface area contributed by atoms with E-state index in [1.54, 1.807) is 18.0 Å². The van der Waals surface area contributed by atoms with Crippen LogP contribution in [0.1, 0.15) is 13.3 Å². The zero-order valence-corrected chi connectivity index (χ0v) is 12.7. The van der Waals surface area contributed by atoms with Gasteiger partial charge < -0.3 is 14.0 Å². The predicted molar refractivity (Wildman–Crippen MR) is 81.7 cm³/mol. The van der Waals surface area contributed by atoms with Gasteiger partial charge in [-0.25, -0.2) is 4.98 Å². The molecule has 4 nitrogen and oxygen atoms in total. The largest absolute Gasteiger partial charge is 0.494 e. The van der Waals surface area contributed by atoms with Gasteiger partial charge in [-0.2, -0.15) is 0 Å². The van der Waals surface area contributed by atoms with Gasteiger partial charge in [0.1, 0.15) is 11.5 Å². The Morgan fingerprint density at radius 2 is 1.75 bits per heavy atom. The van der Waals surface area contributed by atoms with Gasteiger partial charge in [0, 0.05) is 25.2 Å². The summed E-state index contributed by atoms with van der Waals surface area (Å²) >= 11 is 1.69. The molecule has 0 radical (unpaired) electrons. The first-order valence-electron chi connectivity index (χ1n) is 6.75. The lowest BCUT2D eigenvalue weighted by molar-refractivity contribution is 0.314. The molecule has 2 aromatic rings. The van der Waals surface area contributed by atoms with E-state index in [9.17, 15) is 0 Å². The Kier molecular flexibility index (Phi) is 5.80. The fourth-order valence-electron chi connectivity index (χ4n) is 1.64. The quantitative estimate of drug-likeness (QED) is 0.552. The van der Waals surface area contributed by atoms with Crippen LogP contribution < -0.4 is 9.47 Å². The molecule has 1 aromatic heterocycles. The number of hydrogen-bond acceptors (Lipinski definition) is 4. The van der Waals surface area contributed by atoms with Crippen LogP contribution in [0, 0.1) is 0 Å². The molecule has 0 saturated carbocycles. The maximum atomic E-state index is 5.69. The van der Waals surface area contributed by atoms with Crippen LogP contribution in [0.3, 0.4) is 0 Å². The maximum absolute atomic E-state index is 5.69. The average Bonchev–Trinajstić information content (AvgIpc) is 2.88. The van der Waals surface area contributed by atoms with Crippen molar-refractivity contribution in [3.05, 3.63) is 36.7 Å². The van der Waals surface area contributed by atoms with Gasteiger partial charge in [0.05, 0.1) is 13.2 Å². The highest BCUT2D eigenvalue weighted by Gasteiger charge is 2.00. The van der Waals surface area contributed by atoms with Crippen LogP contribution in [-0.4, -0.2) is 28.5 Å². The smallest absolute Gasteiger partial charge is 0.167 e. The first-order chi connectivity index (χ1) is 9.79. The average molecular weight is 292 g/mol. The summed E-state index contributed by atoms with van der Waals surface area (Å²) in [5.41, 5.74) is 0. The summed E-state index contributed by atoms with van der Waals surface area (Å²) in [6, 6.07) is 7.76. The molecule has 0 saturated heterocycles. The van der Waals surface area contributed by atoms with Gasteiger partial charge in [0.2, 0.25) is 0 Å². The van der Waals surface area contributed by atoms with Crippen LogP contribution in [-0.2, 0) is 7.05 Å². The third kappa shape index (κ3) is 4.49. The summed E-state index contributed by atoms with van der Waals surface area (Å²) < 4.78 is 13.2. The lowest BCUT2D eigenvalue weighted by Crippen LogP contribution is -2.01. The van der Waals surface area contributed by atoms with Crippen LogP contribution in [0.5, 0.6) is 11.5 Å². The Balaban J connectivity index is 1.70. The molecule has 0 bridgehead atoms. The van der Waals surface area contributed by atoms with Crippen molar-refractivity contribution < 1.29 is 9.47 Å². The molecule has 0 aliphatic rings. The maximum Gasteiger partial charge on any atom is 0.167 e. The Hall–Kier alpha value is -1.62. The molecule has 0 spiro atoms. The number of aromatic nitrogens is 2. The predicted octanol–water partition coefficient (Wildman–Crippen LogP) is 3.38. The van der Waals surface area contributed by atoms with E-state index in [1.165, 1.54) is 0 Å².